The predicted molar refractivity (Wildman–Crippen MR) is 96.7 cm³/mol. The van der Waals surface area contributed by atoms with E-state index >= 15 is 0 Å². The molecule has 0 aliphatic heterocycles. The molecule has 0 unspecified atom stereocenters. The van der Waals surface area contributed by atoms with E-state index in [-0.39, 0.29) is 11.4 Å². The lowest BCUT2D eigenvalue weighted by molar-refractivity contribution is -0.145. The number of rotatable bonds is 7. The lowest BCUT2D eigenvalue weighted by Crippen LogP contribution is -2.46. The van der Waals surface area contributed by atoms with E-state index in [0.717, 1.165) is 11.2 Å². The van der Waals surface area contributed by atoms with Crippen molar-refractivity contribution in [2.75, 3.05) is 12.9 Å². The van der Waals surface area contributed by atoms with Crippen LogP contribution in [0.5, 0.6) is 0 Å². The van der Waals surface area contributed by atoms with Gasteiger partial charge in [-0.05, 0) is 17.7 Å². The van der Waals surface area contributed by atoms with Gasteiger partial charge in [0, 0.05) is 19.7 Å². The van der Waals surface area contributed by atoms with Gasteiger partial charge in [0.2, 0.25) is 15.2 Å². The molecule has 0 atom stereocenters. The molecule has 1 aromatic rings. The van der Waals surface area contributed by atoms with Crippen LogP contribution in [-0.2, 0) is 30.7 Å². The molecule has 0 spiro atoms. The molecule has 0 saturated carbocycles. The first-order chi connectivity index (χ1) is 11.3. The van der Waals surface area contributed by atoms with E-state index < -0.39 is 37.6 Å². The summed E-state index contributed by atoms with van der Waals surface area (Å²) in [5.41, 5.74) is 0.576. The maximum Gasteiger partial charge on any atom is 0.339 e. The van der Waals surface area contributed by atoms with Crippen LogP contribution in [0, 0.1) is 0 Å². The van der Waals surface area contributed by atoms with Crippen molar-refractivity contribution >= 4 is 68.1 Å². The first-order valence-electron chi connectivity index (χ1n) is 6.74. The van der Waals surface area contributed by atoms with Crippen molar-refractivity contribution in [3.8, 4) is 0 Å². The van der Waals surface area contributed by atoms with E-state index in [0.29, 0.717) is 5.56 Å². The summed E-state index contributed by atoms with van der Waals surface area (Å²) in [6.45, 7) is 0.652. The van der Waals surface area contributed by atoms with E-state index in [9.17, 15) is 18.0 Å². The third-order valence-corrected chi connectivity index (χ3v) is 5.14. The molecule has 0 fully saturated rings. The van der Waals surface area contributed by atoms with Crippen LogP contribution in [0.3, 0.4) is 0 Å². The Balaban J connectivity index is 2.92. The third kappa shape index (κ3) is 6.83. The van der Waals surface area contributed by atoms with Crippen molar-refractivity contribution in [3.63, 3.8) is 0 Å². The number of hydrogen-bond donors (Lipinski definition) is 0. The normalized spacial score (nSPS) is 12.1. The standard InChI is InChI=1S/C14H15Cl4NO5S/c1-9(20)19(14(17,18)8-24-13(21)12(15)16)7-10-3-5-11(6-4-10)25(2,22)23/h3-6,12H,7-8H2,1-2H3. The van der Waals surface area contributed by atoms with Crippen LogP contribution in [0.25, 0.3) is 0 Å². The number of sulfone groups is 1. The van der Waals surface area contributed by atoms with Gasteiger partial charge in [0.05, 0.1) is 4.90 Å². The first-order valence-corrected chi connectivity index (χ1v) is 10.3. The first kappa shape index (κ1) is 22.3. The minimum atomic E-state index is -3.33. The van der Waals surface area contributed by atoms with E-state index in [4.69, 9.17) is 51.1 Å². The van der Waals surface area contributed by atoms with Gasteiger partial charge in [-0.15, -0.1) is 0 Å². The van der Waals surface area contributed by atoms with Crippen LogP contribution in [0.15, 0.2) is 29.2 Å². The van der Waals surface area contributed by atoms with E-state index in [1.54, 1.807) is 0 Å². The average Bonchev–Trinajstić information content (AvgIpc) is 2.49. The van der Waals surface area contributed by atoms with Gasteiger partial charge < -0.3 is 9.64 Å². The van der Waals surface area contributed by atoms with Crippen molar-refractivity contribution in [3.05, 3.63) is 29.8 Å². The van der Waals surface area contributed by atoms with Crippen molar-refractivity contribution in [1.82, 2.24) is 4.90 Å². The summed E-state index contributed by atoms with van der Waals surface area (Å²) in [7, 11) is -3.33. The molecule has 0 saturated heterocycles. The zero-order valence-electron chi connectivity index (χ0n) is 13.2. The van der Waals surface area contributed by atoms with E-state index in [1.165, 1.54) is 31.2 Å². The fourth-order valence-electron chi connectivity index (χ4n) is 1.78. The Kier molecular flexibility index (Phi) is 7.83. The molecular formula is C14H15Cl4NO5S. The number of hydrogen-bond acceptors (Lipinski definition) is 5. The highest BCUT2D eigenvalue weighted by Gasteiger charge is 2.36. The highest BCUT2D eigenvalue weighted by atomic mass is 35.5. The molecule has 11 heteroatoms. The number of halogens is 4. The zero-order chi connectivity index (χ0) is 19.4. The maximum absolute atomic E-state index is 11.9. The number of nitrogens with zero attached hydrogens (tertiary/aromatic N) is 1. The van der Waals surface area contributed by atoms with E-state index in [1.807, 2.05) is 0 Å². The fraction of sp³-hybridized carbons (Fsp3) is 0.429. The van der Waals surface area contributed by atoms with Gasteiger partial charge in [0.25, 0.3) is 0 Å². The van der Waals surface area contributed by atoms with Gasteiger partial charge in [-0.3, -0.25) is 4.79 Å². The Morgan fingerprint density at radius 2 is 1.72 bits per heavy atom. The molecule has 25 heavy (non-hydrogen) atoms. The average molecular weight is 451 g/mol. The second-order valence-electron chi connectivity index (χ2n) is 5.10. The molecule has 0 bridgehead atoms. The highest BCUT2D eigenvalue weighted by Crippen LogP contribution is 2.29. The minimum absolute atomic E-state index is 0.0326. The minimum Gasteiger partial charge on any atom is -0.458 e. The summed E-state index contributed by atoms with van der Waals surface area (Å²) in [5.74, 6) is -1.43. The Morgan fingerprint density at radius 1 is 1.20 bits per heavy atom. The van der Waals surface area contributed by atoms with Crippen LogP contribution in [0.4, 0.5) is 0 Å². The fourth-order valence-corrected chi connectivity index (χ4v) is 3.00. The molecule has 0 aromatic heterocycles. The van der Waals surface area contributed by atoms with Gasteiger partial charge in [0.15, 0.2) is 9.84 Å². The van der Waals surface area contributed by atoms with Crippen molar-refractivity contribution < 1.29 is 22.7 Å². The summed E-state index contributed by atoms with van der Waals surface area (Å²) < 4.78 is 25.8. The summed E-state index contributed by atoms with van der Waals surface area (Å²) in [6.07, 6.45) is 1.09. The molecule has 0 radical (unpaired) electrons. The molecule has 0 aliphatic carbocycles. The molecule has 0 N–H and O–H groups in total. The Hall–Kier alpha value is -0.730. The molecule has 6 nitrogen and oxygen atoms in total. The Labute approximate surface area is 165 Å². The van der Waals surface area contributed by atoms with Gasteiger partial charge in [-0.1, -0.05) is 58.5 Å². The highest BCUT2D eigenvalue weighted by molar-refractivity contribution is 7.90. The summed E-state index contributed by atoms with van der Waals surface area (Å²) >= 11 is 22.9. The van der Waals surface area contributed by atoms with Gasteiger partial charge in [0.1, 0.15) is 6.61 Å². The number of esters is 1. The van der Waals surface area contributed by atoms with Crippen LogP contribution in [-0.4, -0.2) is 47.4 Å². The topological polar surface area (TPSA) is 80.8 Å². The molecule has 0 heterocycles. The Morgan fingerprint density at radius 3 is 2.12 bits per heavy atom. The summed E-state index contributed by atoms with van der Waals surface area (Å²) in [4.78, 5) is 23.0. The third-order valence-electron chi connectivity index (χ3n) is 3.03. The second kappa shape index (κ2) is 8.77. The number of alkyl halides is 4. The van der Waals surface area contributed by atoms with Crippen molar-refractivity contribution in [2.45, 2.75) is 27.7 Å². The van der Waals surface area contributed by atoms with Crippen molar-refractivity contribution in [2.24, 2.45) is 0 Å². The number of benzene rings is 1. The molecule has 1 rings (SSSR count). The van der Waals surface area contributed by atoms with Crippen LogP contribution in [0.1, 0.15) is 12.5 Å². The molecule has 1 aromatic carbocycles. The van der Waals surface area contributed by atoms with Gasteiger partial charge >= 0.3 is 5.97 Å². The summed E-state index contributed by atoms with van der Waals surface area (Å²) in [6, 6.07) is 5.85. The summed E-state index contributed by atoms with van der Waals surface area (Å²) in [5, 5.41) is 0. The largest absolute Gasteiger partial charge is 0.458 e. The van der Waals surface area contributed by atoms with E-state index in [2.05, 4.69) is 0 Å². The van der Waals surface area contributed by atoms with Crippen LogP contribution >= 0.6 is 46.4 Å². The SMILES string of the molecule is CC(=O)N(Cc1ccc(S(C)(=O)=O)cc1)C(Cl)(Cl)COC(=O)C(Cl)Cl. The number of amides is 1. The lowest BCUT2D eigenvalue weighted by Gasteiger charge is -2.33. The number of carbonyl (C=O) groups excluding carboxylic acids is 2. The maximum atomic E-state index is 11.9. The molecule has 0 aliphatic rings. The monoisotopic (exact) mass is 449 g/mol. The lowest BCUT2D eigenvalue weighted by atomic mass is 10.2. The molecule has 140 valence electrons. The predicted octanol–water partition coefficient (Wildman–Crippen LogP) is 2.92. The number of ether oxygens (including phenoxy) is 1. The molecular weight excluding hydrogens is 436 g/mol. The smallest absolute Gasteiger partial charge is 0.339 e. The Bertz CT molecular complexity index is 734. The van der Waals surface area contributed by atoms with Gasteiger partial charge in [-0.25, -0.2) is 13.2 Å². The number of carbonyl (C=O) groups is 2. The van der Waals surface area contributed by atoms with Crippen LogP contribution in [0.2, 0.25) is 0 Å². The van der Waals surface area contributed by atoms with Gasteiger partial charge in [-0.2, -0.15) is 0 Å². The van der Waals surface area contributed by atoms with Crippen LogP contribution < -0.4 is 0 Å². The quantitative estimate of drug-likeness (QED) is 0.362. The second-order valence-corrected chi connectivity index (χ2v) is 9.65. The zero-order valence-corrected chi connectivity index (χ0v) is 17.0. The molecule has 1 amide bonds. The van der Waals surface area contributed by atoms with Crippen molar-refractivity contribution in [1.29, 1.82) is 0 Å².